The number of carbonyl (C=O) groups is 1. The largest absolute Gasteiger partial charge is 0.489 e. The lowest BCUT2D eigenvalue weighted by Gasteiger charge is -2.08. The standard InChI is InChI=1S/C15H12BrFO2/c1-10(18)13-7-6-12(8-14(13)16)19-9-11-4-2-3-5-15(11)17/h2-8H,9H2,1H3. The van der Waals surface area contributed by atoms with E-state index in [0.717, 1.165) is 0 Å². The smallest absolute Gasteiger partial charge is 0.160 e. The lowest BCUT2D eigenvalue weighted by Crippen LogP contribution is -1.99. The molecule has 0 fully saturated rings. The number of ether oxygens (including phenoxy) is 1. The molecule has 0 atom stereocenters. The molecule has 0 N–H and O–H groups in total. The summed E-state index contributed by atoms with van der Waals surface area (Å²) in [6, 6.07) is 11.6. The molecule has 0 saturated carbocycles. The Hall–Kier alpha value is -1.68. The topological polar surface area (TPSA) is 26.3 Å². The molecule has 2 aromatic rings. The van der Waals surface area contributed by atoms with Gasteiger partial charge >= 0.3 is 0 Å². The number of benzene rings is 2. The Morgan fingerprint density at radius 3 is 2.63 bits per heavy atom. The molecule has 0 aliphatic heterocycles. The highest BCUT2D eigenvalue weighted by Crippen LogP contribution is 2.24. The predicted octanol–water partition coefficient (Wildman–Crippen LogP) is 4.37. The molecule has 4 heteroatoms. The maximum atomic E-state index is 13.4. The van der Waals surface area contributed by atoms with Gasteiger partial charge in [-0.1, -0.05) is 18.2 Å². The second-order valence-corrected chi connectivity index (χ2v) is 4.93. The molecule has 0 radical (unpaired) electrons. The van der Waals surface area contributed by atoms with Gasteiger partial charge in [0.2, 0.25) is 0 Å². The van der Waals surface area contributed by atoms with E-state index < -0.39 is 0 Å². The minimum Gasteiger partial charge on any atom is -0.489 e. The zero-order valence-electron chi connectivity index (χ0n) is 10.3. The van der Waals surface area contributed by atoms with Gasteiger partial charge in [-0.25, -0.2) is 4.39 Å². The Balaban J connectivity index is 2.11. The van der Waals surface area contributed by atoms with Crippen molar-refractivity contribution in [3.05, 3.63) is 63.9 Å². The fraction of sp³-hybridized carbons (Fsp3) is 0.133. The number of halogens is 2. The van der Waals surface area contributed by atoms with Crippen LogP contribution < -0.4 is 4.74 Å². The first kappa shape index (κ1) is 13.7. The van der Waals surface area contributed by atoms with Crippen molar-refractivity contribution < 1.29 is 13.9 Å². The molecule has 0 bridgehead atoms. The first-order valence-electron chi connectivity index (χ1n) is 5.74. The maximum Gasteiger partial charge on any atom is 0.160 e. The van der Waals surface area contributed by atoms with Crippen LogP contribution in [0.5, 0.6) is 5.75 Å². The minimum absolute atomic E-state index is 0.0208. The highest BCUT2D eigenvalue weighted by Gasteiger charge is 2.07. The molecule has 0 amide bonds. The molecule has 0 aromatic heterocycles. The normalized spacial score (nSPS) is 10.3. The summed E-state index contributed by atoms with van der Waals surface area (Å²) in [7, 11) is 0. The van der Waals surface area contributed by atoms with Gasteiger partial charge in [0.15, 0.2) is 5.78 Å². The van der Waals surface area contributed by atoms with Crippen molar-refractivity contribution in [1.29, 1.82) is 0 Å². The van der Waals surface area contributed by atoms with Crippen molar-refractivity contribution in [3.8, 4) is 5.75 Å². The van der Waals surface area contributed by atoms with Gasteiger partial charge in [-0.05, 0) is 47.1 Å². The molecular weight excluding hydrogens is 311 g/mol. The molecule has 2 aromatic carbocycles. The summed E-state index contributed by atoms with van der Waals surface area (Å²) in [5.41, 5.74) is 1.09. The van der Waals surface area contributed by atoms with Gasteiger partial charge in [0.25, 0.3) is 0 Å². The van der Waals surface area contributed by atoms with Crippen LogP contribution in [0.25, 0.3) is 0 Å². The molecule has 0 spiro atoms. The van der Waals surface area contributed by atoms with E-state index in [1.807, 2.05) is 0 Å². The van der Waals surface area contributed by atoms with E-state index in [1.165, 1.54) is 13.0 Å². The number of Topliss-reactive ketones (excluding diaryl/α,β-unsaturated/α-hetero) is 1. The summed E-state index contributed by atoms with van der Waals surface area (Å²) in [5, 5.41) is 0. The van der Waals surface area contributed by atoms with Crippen LogP contribution in [0.3, 0.4) is 0 Å². The Bertz CT molecular complexity index is 611. The van der Waals surface area contributed by atoms with Gasteiger partial charge in [0, 0.05) is 15.6 Å². The lowest BCUT2D eigenvalue weighted by molar-refractivity contribution is 0.101. The van der Waals surface area contributed by atoms with Gasteiger partial charge in [-0.15, -0.1) is 0 Å². The van der Waals surface area contributed by atoms with Crippen LogP contribution >= 0.6 is 15.9 Å². The molecule has 19 heavy (non-hydrogen) atoms. The Morgan fingerprint density at radius 1 is 1.26 bits per heavy atom. The van der Waals surface area contributed by atoms with Crippen molar-refractivity contribution in [2.45, 2.75) is 13.5 Å². The van der Waals surface area contributed by atoms with Crippen LogP contribution in [0, 0.1) is 5.82 Å². The third kappa shape index (κ3) is 3.41. The highest BCUT2D eigenvalue weighted by atomic mass is 79.9. The summed E-state index contributed by atoms with van der Waals surface area (Å²) in [6.07, 6.45) is 0. The SMILES string of the molecule is CC(=O)c1ccc(OCc2ccccc2F)cc1Br. The van der Waals surface area contributed by atoms with E-state index in [9.17, 15) is 9.18 Å². The fourth-order valence-corrected chi connectivity index (χ4v) is 2.28. The predicted molar refractivity (Wildman–Crippen MR) is 74.9 cm³/mol. The van der Waals surface area contributed by atoms with Gasteiger partial charge in [-0.3, -0.25) is 4.79 Å². The number of rotatable bonds is 4. The summed E-state index contributed by atoms with van der Waals surface area (Å²) in [6.45, 7) is 1.65. The van der Waals surface area contributed by atoms with Crippen molar-refractivity contribution >= 4 is 21.7 Å². The van der Waals surface area contributed by atoms with Crippen molar-refractivity contribution in [2.75, 3.05) is 0 Å². The average Bonchev–Trinajstić information content (AvgIpc) is 2.37. The minimum atomic E-state index is -0.290. The molecular formula is C15H12BrFO2. The Morgan fingerprint density at radius 2 is 2.00 bits per heavy atom. The fourth-order valence-electron chi connectivity index (χ4n) is 1.65. The third-order valence-corrected chi connectivity index (χ3v) is 3.33. The zero-order chi connectivity index (χ0) is 13.8. The van der Waals surface area contributed by atoms with Crippen molar-refractivity contribution in [3.63, 3.8) is 0 Å². The molecule has 0 aliphatic rings. The van der Waals surface area contributed by atoms with Crippen LogP contribution in [0.15, 0.2) is 46.9 Å². The Labute approximate surface area is 119 Å². The average molecular weight is 323 g/mol. The van der Waals surface area contributed by atoms with Gasteiger partial charge in [0.05, 0.1) is 0 Å². The zero-order valence-corrected chi connectivity index (χ0v) is 11.9. The van der Waals surface area contributed by atoms with Crippen LogP contribution in [-0.4, -0.2) is 5.78 Å². The monoisotopic (exact) mass is 322 g/mol. The molecule has 2 nitrogen and oxygen atoms in total. The van der Waals surface area contributed by atoms with Crippen LogP contribution in [0.1, 0.15) is 22.8 Å². The lowest BCUT2D eigenvalue weighted by atomic mass is 10.1. The van der Waals surface area contributed by atoms with Crippen LogP contribution in [0.2, 0.25) is 0 Å². The second-order valence-electron chi connectivity index (χ2n) is 4.08. The quantitative estimate of drug-likeness (QED) is 0.781. The molecule has 2 rings (SSSR count). The van der Waals surface area contributed by atoms with Crippen LogP contribution in [0.4, 0.5) is 4.39 Å². The molecule has 0 unspecified atom stereocenters. The van der Waals surface area contributed by atoms with E-state index in [4.69, 9.17) is 4.74 Å². The first-order valence-corrected chi connectivity index (χ1v) is 6.54. The number of ketones is 1. The molecule has 0 aliphatic carbocycles. The number of hydrogen-bond donors (Lipinski definition) is 0. The van der Waals surface area contributed by atoms with Crippen LogP contribution in [-0.2, 0) is 6.61 Å². The summed E-state index contributed by atoms with van der Waals surface area (Å²) in [4.78, 5) is 11.3. The van der Waals surface area contributed by atoms with Gasteiger partial charge in [-0.2, -0.15) is 0 Å². The molecule has 0 saturated heterocycles. The highest BCUT2D eigenvalue weighted by molar-refractivity contribution is 9.10. The number of hydrogen-bond acceptors (Lipinski definition) is 2. The van der Waals surface area contributed by atoms with Gasteiger partial charge in [0.1, 0.15) is 18.2 Å². The van der Waals surface area contributed by atoms with E-state index in [1.54, 1.807) is 36.4 Å². The van der Waals surface area contributed by atoms with Crippen molar-refractivity contribution in [2.24, 2.45) is 0 Å². The van der Waals surface area contributed by atoms with E-state index >= 15 is 0 Å². The second kappa shape index (κ2) is 5.97. The number of carbonyl (C=O) groups excluding carboxylic acids is 1. The van der Waals surface area contributed by atoms with E-state index in [-0.39, 0.29) is 18.2 Å². The molecule has 98 valence electrons. The Kier molecular flexibility index (Phi) is 4.32. The first-order chi connectivity index (χ1) is 9.08. The van der Waals surface area contributed by atoms with Gasteiger partial charge < -0.3 is 4.74 Å². The summed E-state index contributed by atoms with van der Waals surface area (Å²) < 4.78 is 19.6. The summed E-state index contributed by atoms with van der Waals surface area (Å²) in [5.74, 6) is 0.273. The van der Waals surface area contributed by atoms with Crippen molar-refractivity contribution in [1.82, 2.24) is 0 Å². The third-order valence-electron chi connectivity index (χ3n) is 2.67. The van der Waals surface area contributed by atoms with E-state index in [2.05, 4.69) is 15.9 Å². The summed E-state index contributed by atoms with van der Waals surface area (Å²) >= 11 is 3.31. The van der Waals surface area contributed by atoms with E-state index in [0.29, 0.717) is 21.3 Å². The molecule has 0 heterocycles. The maximum absolute atomic E-state index is 13.4.